The predicted molar refractivity (Wildman–Crippen MR) is 57.3 cm³/mol. The van der Waals surface area contributed by atoms with Gasteiger partial charge in [-0.3, -0.25) is 10.2 Å². The Hall–Kier alpha value is -1.73. The van der Waals surface area contributed by atoms with Crippen LogP contribution in [0.2, 0.25) is 0 Å². The number of amides is 2. The van der Waals surface area contributed by atoms with Gasteiger partial charge in [0.15, 0.2) is 0 Å². The summed E-state index contributed by atoms with van der Waals surface area (Å²) in [6.07, 6.45) is -5.21. The SMILES string of the molecule is C/C(=C\C(=O)NNC(=O)OC(C)(C)C)C(F)(F)F. The van der Waals surface area contributed by atoms with Gasteiger partial charge in [-0.1, -0.05) is 0 Å². The molecule has 0 unspecified atom stereocenters. The van der Waals surface area contributed by atoms with Crippen LogP contribution in [-0.4, -0.2) is 23.8 Å². The van der Waals surface area contributed by atoms with Crippen molar-refractivity contribution in [2.75, 3.05) is 0 Å². The second-order valence-electron chi connectivity index (χ2n) is 4.44. The normalized spacial score (nSPS) is 12.9. The van der Waals surface area contributed by atoms with Gasteiger partial charge in [0.25, 0.3) is 5.91 Å². The number of ether oxygens (including phenoxy) is 1. The lowest BCUT2D eigenvalue weighted by molar-refractivity contribution is -0.119. The highest BCUT2D eigenvalue weighted by molar-refractivity contribution is 5.89. The molecule has 0 aliphatic heterocycles. The second-order valence-corrected chi connectivity index (χ2v) is 4.44. The van der Waals surface area contributed by atoms with E-state index >= 15 is 0 Å². The number of carbonyl (C=O) groups excluding carboxylic acids is 2. The third-order valence-corrected chi connectivity index (χ3v) is 1.48. The van der Waals surface area contributed by atoms with Gasteiger partial charge in [-0.2, -0.15) is 13.2 Å². The minimum absolute atomic E-state index is 0.331. The first kappa shape index (κ1) is 16.3. The Morgan fingerprint density at radius 3 is 2.00 bits per heavy atom. The van der Waals surface area contributed by atoms with Gasteiger partial charge in [0.1, 0.15) is 5.60 Å². The molecule has 0 spiro atoms. The van der Waals surface area contributed by atoms with Gasteiger partial charge >= 0.3 is 12.3 Å². The number of hydrazine groups is 1. The molecule has 2 amide bonds. The summed E-state index contributed by atoms with van der Waals surface area (Å²) in [6, 6.07) is 0. The van der Waals surface area contributed by atoms with Crippen LogP contribution in [0, 0.1) is 0 Å². The molecular weight excluding hydrogens is 253 g/mol. The van der Waals surface area contributed by atoms with Crippen molar-refractivity contribution in [1.82, 2.24) is 10.9 Å². The van der Waals surface area contributed by atoms with Gasteiger partial charge in [0.05, 0.1) is 0 Å². The highest BCUT2D eigenvalue weighted by atomic mass is 19.4. The van der Waals surface area contributed by atoms with E-state index in [0.29, 0.717) is 6.08 Å². The molecule has 0 aromatic rings. The van der Waals surface area contributed by atoms with Crippen LogP contribution in [0.4, 0.5) is 18.0 Å². The van der Waals surface area contributed by atoms with Gasteiger partial charge in [0, 0.05) is 11.6 Å². The molecule has 0 aliphatic rings. The van der Waals surface area contributed by atoms with Gasteiger partial charge in [-0.15, -0.1) is 0 Å². The molecule has 0 rings (SSSR count). The van der Waals surface area contributed by atoms with E-state index < -0.39 is 29.4 Å². The number of alkyl halides is 3. The van der Waals surface area contributed by atoms with E-state index in [4.69, 9.17) is 4.74 Å². The molecule has 104 valence electrons. The summed E-state index contributed by atoms with van der Waals surface area (Å²) in [4.78, 5) is 22.1. The van der Waals surface area contributed by atoms with Crippen molar-refractivity contribution in [2.45, 2.75) is 39.5 Å². The average molecular weight is 268 g/mol. The minimum atomic E-state index is -4.58. The Balaban J connectivity index is 4.25. The predicted octanol–water partition coefficient (Wildman–Crippen LogP) is 2.05. The fourth-order valence-electron chi connectivity index (χ4n) is 0.731. The van der Waals surface area contributed by atoms with Crippen LogP contribution in [0.5, 0.6) is 0 Å². The van der Waals surface area contributed by atoms with E-state index in [1.165, 1.54) is 0 Å². The fraction of sp³-hybridized carbons (Fsp3) is 0.600. The summed E-state index contributed by atoms with van der Waals surface area (Å²) in [7, 11) is 0. The highest BCUT2D eigenvalue weighted by Crippen LogP contribution is 2.24. The number of rotatable bonds is 1. The van der Waals surface area contributed by atoms with E-state index in [2.05, 4.69) is 0 Å². The van der Waals surface area contributed by atoms with Gasteiger partial charge in [0.2, 0.25) is 0 Å². The molecule has 0 aromatic heterocycles. The summed E-state index contributed by atoms with van der Waals surface area (Å²) >= 11 is 0. The van der Waals surface area contributed by atoms with Gasteiger partial charge in [-0.05, 0) is 27.7 Å². The lowest BCUT2D eigenvalue weighted by Gasteiger charge is -2.19. The monoisotopic (exact) mass is 268 g/mol. The van der Waals surface area contributed by atoms with Crippen molar-refractivity contribution in [3.8, 4) is 0 Å². The topological polar surface area (TPSA) is 67.4 Å². The zero-order valence-electron chi connectivity index (χ0n) is 10.4. The van der Waals surface area contributed by atoms with Crippen LogP contribution in [0.25, 0.3) is 0 Å². The number of nitrogens with one attached hydrogen (secondary N) is 2. The lowest BCUT2D eigenvalue weighted by Crippen LogP contribution is -2.43. The molecule has 0 aromatic carbocycles. The highest BCUT2D eigenvalue weighted by Gasteiger charge is 2.30. The smallest absolute Gasteiger partial charge is 0.426 e. The molecule has 0 aliphatic carbocycles. The third kappa shape index (κ3) is 7.53. The van der Waals surface area contributed by atoms with E-state index in [1.54, 1.807) is 26.2 Å². The molecular formula is C10H15F3N2O3. The Morgan fingerprint density at radius 1 is 1.11 bits per heavy atom. The maximum absolute atomic E-state index is 12.1. The third-order valence-electron chi connectivity index (χ3n) is 1.48. The van der Waals surface area contributed by atoms with Crippen molar-refractivity contribution in [3.63, 3.8) is 0 Å². The number of hydrogen-bond donors (Lipinski definition) is 2. The van der Waals surface area contributed by atoms with Gasteiger partial charge in [-0.25, -0.2) is 10.2 Å². The Morgan fingerprint density at radius 2 is 1.61 bits per heavy atom. The lowest BCUT2D eigenvalue weighted by atomic mass is 10.2. The van der Waals surface area contributed by atoms with Crippen LogP contribution in [0.15, 0.2) is 11.6 Å². The first-order valence-corrected chi connectivity index (χ1v) is 4.96. The Kier molecular flexibility index (Phi) is 5.19. The zero-order valence-corrected chi connectivity index (χ0v) is 10.4. The molecule has 0 saturated heterocycles. The van der Waals surface area contributed by atoms with Crippen LogP contribution >= 0.6 is 0 Å². The first-order valence-electron chi connectivity index (χ1n) is 4.96. The van der Waals surface area contributed by atoms with Crippen molar-refractivity contribution in [2.24, 2.45) is 0 Å². The number of halogens is 3. The van der Waals surface area contributed by atoms with Crippen molar-refractivity contribution in [1.29, 1.82) is 0 Å². The van der Waals surface area contributed by atoms with Crippen LogP contribution in [-0.2, 0) is 9.53 Å². The van der Waals surface area contributed by atoms with Crippen LogP contribution < -0.4 is 10.9 Å². The summed E-state index contributed by atoms with van der Waals surface area (Å²) in [5, 5.41) is 0. The Labute approximate surface area is 102 Å². The molecule has 0 radical (unpaired) electrons. The largest absolute Gasteiger partial charge is 0.443 e. The fourth-order valence-corrected chi connectivity index (χ4v) is 0.731. The number of hydrogen-bond acceptors (Lipinski definition) is 3. The van der Waals surface area contributed by atoms with Crippen molar-refractivity contribution in [3.05, 3.63) is 11.6 Å². The second kappa shape index (κ2) is 5.74. The van der Waals surface area contributed by atoms with Gasteiger partial charge < -0.3 is 4.74 Å². The molecule has 2 N–H and O–H groups in total. The minimum Gasteiger partial charge on any atom is -0.443 e. The van der Waals surface area contributed by atoms with E-state index in [0.717, 1.165) is 6.92 Å². The quantitative estimate of drug-likeness (QED) is 0.565. The van der Waals surface area contributed by atoms with E-state index in [-0.39, 0.29) is 0 Å². The molecule has 8 heteroatoms. The number of allylic oxidation sites excluding steroid dienone is 1. The molecule has 0 bridgehead atoms. The molecule has 0 saturated carbocycles. The van der Waals surface area contributed by atoms with Crippen LogP contribution in [0.3, 0.4) is 0 Å². The first-order chi connectivity index (χ1) is 7.92. The van der Waals surface area contributed by atoms with Crippen molar-refractivity contribution >= 4 is 12.0 Å². The molecule has 5 nitrogen and oxygen atoms in total. The summed E-state index contributed by atoms with van der Waals surface area (Å²) in [5.41, 5.74) is 1.74. The number of carbonyl (C=O) groups is 2. The maximum Gasteiger partial charge on any atom is 0.426 e. The molecule has 18 heavy (non-hydrogen) atoms. The van der Waals surface area contributed by atoms with E-state index in [1.807, 2.05) is 5.43 Å². The molecule has 0 heterocycles. The van der Waals surface area contributed by atoms with E-state index in [9.17, 15) is 22.8 Å². The van der Waals surface area contributed by atoms with Crippen molar-refractivity contribution < 1.29 is 27.5 Å². The standard InChI is InChI=1S/C10H15F3N2O3/c1-6(10(11,12)13)5-7(16)14-15-8(17)18-9(2,3)4/h5H,1-4H3,(H,14,16)(H,15,17)/b6-5+. The van der Waals surface area contributed by atoms with Crippen LogP contribution in [0.1, 0.15) is 27.7 Å². The summed E-state index contributed by atoms with van der Waals surface area (Å²) in [6.45, 7) is 5.54. The Bertz CT molecular complexity index is 356. The molecule has 0 fully saturated rings. The zero-order chi connectivity index (χ0) is 14.6. The maximum atomic E-state index is 12.1. The summed E-state index contributed by atoms with van der Waals surface area (Å²) in [5.74, 6) is -1.10. The average Bonchev–Trinajstić information content (AvgIpc) is 2.10. The molecule has 0 atom stereocenters. The summed E-state index contributed by atoms with van der Waals surface area (Å²) < 4.78 is 41.0.